The normalized spacial score (nSPS) is 11.6. The van der Waals surface area contributed by atoms with E-state index >= 15 is 0 Å². The average molecular weight is 525 g/mol. The van der Waals surface area contributed by atoms with E-state index in [1.165, 1.54) is 28.3 Å². The van der Waals surface area contributed by atoms with E-state index in [1.54, 1.807) is 36.4 Å². The minimum absolute atomic E-state index is 0.0766. The van der Waals surface area contributed by atoms with Gasteiger partial charge in [0.05, 0.1) is 18.0 Å². The maximum atomic E-state index is 13.5. The second-order valence-electron chi connectivity index (χ2n) is 8.49. The number of benzene rings is 2. The average Bonchev–Trinajstić information content (AvgIpc) is 3.76. The Morgan fingerprint density at radius 1 is 1.08 bits per heavy atom. The maximum absolute atomic E-state index is 13.5. The number of methoxy groups -OCH3 is 1. The number of aryl methyl sites for hydroxylation is 1. The Labute approximate surface area is 221 Å². The molecule has 4 rings (SSSR count). The molecule has 1 aliphatic carbocycles. The third-order valence-electron chi connectivity index (χ3n) is 5.48. The van der Waals surface area contributed by atoms with Gasteiger partial charge in [0.25, 0.3) is 5.56 Å². The number of amides is 3. The molecule has 0 spiro atoms. The molecule has 1 fully saturated rings. The van der Waals surface area contributed by atoms with Crippen molar-refractivity contribution < 1.29 is 23.5 Å². The molecule has 2 N–H and O–H groups in total. The number of likely N-dealkylation sites (N-methyl/N-ethyl adjacent to an activating group) is 1. The molecule has 3 amide bonds. The van der Waals surface area contributed by atoms with E-state index in [0.717, 1.165) is 18.5 Å². The van der Waals surface area contributed by atoms with Crippen LogP contribution in [0.4, 0.5) is 15.8 Å². The zero-order valence-electron chi connectivity index (χ0n) is 21.7. The second kappa shape index (κ2) is 15.7. The number of hydrogen-bond donors (Lipinski definition) is 2. The first-order valence-corrected chi connectivity index (χ1v) is 12.0. The fourth-order valence-corrected chi connectivity index (χ4v) is 3.17. The van der Waals surface area contributed by atoms with E-state index in [2.05, 4.69) is 10.6 Å². The van der Waals surface area contributed by atoms with Gasteiger partial charge in [0.1, 0.15) is 5.82 Å². The molecule has 1 saturated carbocycles. The molecule has 3 aromatic rings. The lowest BCUT2D eigenvalue weighted by molar-refractivity contribution is -0.131. The van der Waals surface area contributed by atoms with Gasteiger partial charge >= 0.3 is 0 Å². The molecule has 0 atom stereocenters. The zero-order valence-corrected chi connectivity index (χ0v) is 21.7. The number of carbonyl (C=O) groups is 3. The van der Waals surface area contributed by atoms with Crippen LogP contribution < -0.4 is 16.2 Å². The lowest BCUT2D eigenvalue weighted by Gasteiger charge is -2.15. The van der Waals surface area contributed by atoms with Gasteiger partial charge in [-0.15, -0.1) is 0 Å². The summed E-state index contributed by atoms with van der Waals surface area (Å²) in [6.45, 7) is 3.35. The molecule has 1 aromatic heterocycles. The molecule has 1 heterocycles. The molecule has 1 aliphatic rings. The van der Waals surface area contributed by atoms with Crippen LogP contribution in [0.25, 0.3) is 5.69 Å². The van der Waals surface area contributed by atoms with Crippen LogP contribution in [-0.2, 0) is 19.1 Å². The van der Waals surface area contributed by atoms with Gasteiger partial charge in [0.15, 0.2) is 0 Å². The number of carbonyl (C=O) groups excluding carboxylic acids is 3. The van der Waals surface area contributed by atoms with Crippen LogP contribution in [0.5, 0.6) is 0 Å². The van der Waals surface area contributed by atoms with Crippen molar-refractivity contribution >= 4 is 30.1 Å². The Kier molecular flexibility index (Phi) is 12.4. The van der Waals surface area contributed by atoms with Gasteiger partial charge in [-0.1, -0.05) is 23.8 Å². The van der Waals surface area contributed by atoms with Crippen LogP contribution in [0.1, 0.15) is 18.4 Å². The molecule has 0 aliphatic heterocycles. The molecule has 0 bridgehead atoms. The zero-order chi connectivity index (χ0) is 27.9. The minimum atomic E-state index is -0.592. The van der Waals surface area contributed by atoms with E-state index in [-0.39, 0.29) is 17.2 Å². The number of hydrogen-bond acceptors (Lipinski definition) is 5. The molecule has 0 radical (unpaired) electrons. The minimum Gasteiger partial charge on any atom is -0.383 e. The van der Waals surface area contributed by atoms with Crippen molar-refractivity contribution in [2.45, 2.75) is 19.8 Å². The highest BCUT2D eigenvalue weighted by Gasteiger charge is 2.31. The smallest absolute Gasteiger partial charge is 0.255 e. The Bertz CT molecular complexity index is 1240. The number of ether oxygens (including phenoxy) is 1. The first-order chi connectivity index (χ1) is 18.3. The van der Waals surface area contributed by atoms with Gasteiger partial charge in [-0.3, -0.25) is 23.7 Å². The van der Waals surface area contributed by atoms with E-state index in [9.17, 15) is 23.6 Å². The summed E-state index contributed by atoms with van der Waals surface area (Å²) in [6, 6.07) is 16.4. The Balaban J connectivity index is 0.000000211. The number of aromatic nitrogens is 1. The second-order valence-corrected chi connectivity index (χ2v) is 8.49. The van der Waals surface area contributed by atoms with Crippen LogP contribution in [0, 0.1) is 18.7 Å². The van der Waals surface area contributed by atoms with Crippen molar-refractivity contribution in [1.82, 2.24) is 9.47 Å². The van der Waals surface area contributed by atoms with Gasteiger partial charge in [-0.05, 0) is 50.1 Å². The summed E-state index contributed by atoms with van der Waals surface area (Å²) in [6.07, 6.45) is 4.77. The highest BCUT2D eigenvalue weighted by Crippen LogP contribution is 2.30. The third kappa shape index (κ3) is 9.98. The summed E-state index contributed by atoms with van der Waals surface area (Å²) in [7, 11) is 3.48. The van der Waals surface area contributed by atoms with E-state index in [4.69, 9.17) is 4.74 Å². The molecule has 202 valence electrons. The van der Waals surface area contributed by atoms with Gasteiger partial charge in [-0.2, -0.15) is 0 Å². The number of nitrogens with zero attached hydrogens (tertiary/aromatic N) is 2. The molecule has 9 nitrogen and oxygen atoms in total. The molecule has 10 heteroatoms. The molecular formula is C28H33FN4O5. The highest BCUT2D eigenvalue weighted by atomic mass is 19.1. The summed E-state index contributed by atoms with van der Waals surface area (Å²) < 4.78 is 19.7. The van der Waals surface area contributed by atoms with E-state index < -0.39 is 5.82 Å². The fourth-order valence-electron chi connectivity index (χ4n) is 3.17. The lowest BCUT2D eigenvalue weighted by Crippen LogP contribution is -2.30. The third-order valence-corrected chi connectivity index (χ3v) is 5.48. The van der Waals surface area contributed by atoms with Crippen molar-refractivity contribution in [2.75, 3.05) is 37.9 Å². The van der Waals surface area contributed by atoms with Crippen LogP contribution in [0.3, 0.4) is 0 Å². The van der Waals surface area contributed by atoms with Crippen molar-refractivity contribution in [3.63, 3.8) is 0 Å². The topological polar surface area (TPSA) is 110 Å². The largest absolute Gasteiger partial charge is 0.383 e. The molecule has 0 unspecified atom stereocenters. The van der Waals surface area contributed by atoms with Gasteiger partial charge in [0, 0.05) is 50.6 Å². The van der Waals surface area contributed by atoms with Crippen LogP contribution >= 0.6 is 0 Å². The first kappa shape index (κ1) is 29.9. The van der Waals surface area contributed by atoms with Gasteiger partial charge < -0.3 is 20.3 Å². The standard InChI is InChI=1S/C12H9FN2O2.C8H15NO2.C8H9NO/c13-10-7-9(4-5-11(10)14-8-16)15-6-2-1-3-12(15)17;1-9(5-6-11-2)8(10)7-3-4-7;1-7-2-4-8(5-3-7)9-6-10/h1-8H,(H,14,16);7H,3-6H2,1-2H3;2-6H,1H3,(H,9,10). The number of pyridine rings is 1. The van der Waals surface area contributed by atoms with E-state index in [1.807, 2.05) is 38.2 Å². The number of halogens is 1. The first-order valence-electron chi connectivity index (χ1n) is 12.0. The highest BCUT2D eigenvalue weighted by molar-refractivity contribution is 5.80. The van der Waals surface area contributed by atoms with Crippen LogP contribution in [0.15, 0.2) is 71.7 Å². The van der Waals surface area contributed by atoms with E-state index in [0.29, 0.717) is 37.6 Å². The molecule has 38 heavy (non-hydrogen) atoms. The van der Waals surface area contributed by atoms with Crippen molar-refractivity contribution in [1.29, 1.82) is 0 Å². The SMILES string of the molecule is COCCN(C)C(=O)C1CC1.Cc1ccc(NC=O)cc1.O=CNc1ccc(-n2ccccc2=O)cc1F. The lowest BCUT2D eigenvalue weighted by atomic mass is 10.2. The summed E-state index contributed by atoms with van der Waals surface area (Å²) in [5, 5.41) is 4.78. The number of anilines is 2. The quantitative estimate of drug-likeness (QED) is 0.416. The monoisotopic (exact) mass is 524 g/mol. The summed E-state index contributed by atoms with van der Waals surface area (Å²) in [5.74, 6) is 0.0178. The summed E-state index contributed by atoms with van der Waals surface area (Å²) in [4.78, 5) is 44.7. The summed E-state index contributed by atoms with van der Waals surface area (Å²) in [5.41, 5.74) is 2.26. The Morgan fingerprint density at radius 3 is 2.32 bits per heavy atom. The van der Waals surface area contributed by atoms with Gasteiger partial charge in [-0.25, -0.2) is 4.39 Å². The van der Waals surface area contributed by atoms with Crippen LogP contribution in [-0.4, -0.2) is 55.5 Å². The van der Waals surface area contributed by atoms with Crippen LogP contribution in [0.2, 0.25) is 0 Å². The Hall–Kier alpha value is -4.31. The molecular weight excluding hydrogens is 491 g/mol. The molecule has 0 saturated heterocycles. The van der Waals surface area contributed by atoms with Gasteiger partial charge in [0.2, 0.25) is 18.7 Å². The number of nitrogens with one attached hydrogen (secondary N) is 2. The van der Waals surface area contributed by atoms with Crippen molar-refractivity contribution in [3.8, 4) is 5.69 Å². The fraction of sp³-hybridized carbons (Fsp3) is 0.286. The van der Waals surface area contributed by atoms with Crippen molar-refractivity contribution in [3.05, 3.63) is 88.6 Å². The summed E-state index contributed by atoms with van der Waals surface area (Å²) >= 11 is 0. The number of rotatable bonds is 9. The van der Waals surface area contributed by atoms with Crippen molar-refractivity contribution in [2.24, 2.45) is 5.92 Å². The molecule has 2 aromatic carbocycles. The maximum Gasteiger partial charge on any atom is 0.255 e. The predicted octanol–water partition coefficient (Wildman–Crippen LogP) is 3.61. The Morgan fingerprint density at radius 2 is 1.76 bits per heavy atom. The predicted molar refractivity (Wildman–Crippen MR) is 145 cm³/mol.